The van der Waals surface area contributed by atoms with E-state index in [4.69, 9.17) is 0 Å². The molecule has 2 rings (SSSR count). The van der Waals surface area contributed by atoms with Crippen molar-refractivity contribution in [3.8, 4) is 0 Å². The summed E-state index contributed by atoms with van der Waals surface area (Å²) < 4.78 is 63.8. The molecule has 0 aliphatic rings. The largest absolute Gasteiger partial charge is 0.419 e. The summed E-state index contributed by atoms with van der Waals surface area (Å²) in [5, 5.41) is 2.96. The van der Waals surface area contributed by atoms with Gasteiger partial charge in [0.05, 0.1) is 10.5 Å². The summed E-state index contributed by atoms with van der Waals surface area (Å²) >= 11 is 0. The fourth-order valence-electron chi connectivity index (χ4n) is 2.40. The number of aromatic amines is 1. The number of sulfonamides is 1. The first-order valence-electron chi connectivity index (χ1n) is 8.10. The number of hydrogen-bond acceptors (Lipinski definition) is 3. The zero-order valence-corrected chi connectivity index (χ0v) is 15.3. The maximum absolute atomic E-state index is 12.5. The molecule has 0 fully saturated rings. The van der Waals surface area contributed by atoms with Crippen molar-refractivity contribution in [1.29, 1.82) is 0 Å². The van der Waals surface area contributed by atoms with Crippen molar-refractivity contribution >= 4 is 15.8 Å². The Kier molecular flexibility index (Phi) is 6.25. The number of hydrogen-bond donors (Lipinski definition) is 1. The standard InChI is InChI=1S/C17H20F3N3O2S/c1-3-23(4-2)26(24,25)15-8-5-13(6-9-15)11-21-16-10-7-14(12-22-16)17(18,19)20/h5-10,12H,3-4,11H2,1-2H3,(H,21,22)/p+1. The normalized spacial score (nSPS) is 12.4. The lowest BCUT2D eigenvalue weighted by atomic mass is 10.2. The van der Waals surface area contributed by atoms with E-state index in [2.05, 4.69) is 10.3 Å². The zero-order valence-electron chi connectivity index (χ0n) is 14.5. The molecular formula is C17H21F3N3O2S+. The van der Waals surface area contributed by atoms with Crippen molar-refractivity contribution in [3.05, 3.63) is 53.7 Å². The van der Waals surface area contributed by atoms with Crippen LogP contribution in [0.4, 0.5) is 19.0 Å². The Balaban J connectivity index is 2.04. The highest BCUT2D eigenvalue weighted by Gasteiger charge is 2.31. The number of rotatable bonds is 7. The molecule has 9 heteroatoms. The molecule has 0 amide bonds. The van der Waals surface area contributed by atoms with Crippen molar-refractivity contribution in [2.75, 3.05) is 18.4 Å². The van der Waals surface area contributed by atoms with Gasteiger partial charge in [-0.25, -0.2) is 13.4 Å². The molecule has 2 N–H and O–H groups in total. The minimum absolute atomic E-state index is 0.214. The van der Waals surface area contributed by atoms with Gasteiger partial charge in [-0.15, -0.1) is 0 Å². The average Bonchev–Trinajstić information content (AvgIpc) is 2.61. The lowest BCUT2D eigenvalue weighted by Gasteiger charge is -2.18. The second-order valence-corrected chi connectivity index (χ2v) is 7.51. The summed E-state index contributed by atoms with van der Waals surface area (Å²) in [6.45, 7) is 4.69. The number of H-pyrrole nitrogens is 1. The van der Waals surface area contributed by atoms with Gasteiger partial charge in [-0.3, -0.25) is 5.32 Å². The van der Waals surface area contributed by atoms with Crippen LogP contribution in [0.25, 0.3) is 0 Å². The van der Waals surface area contributed by atoms with Crippen LogP contribution in [0.15, 0.2) is 47.5 Å². The van der Waals surface area contributed by atoms with E-state index in [0.717, 1.165) is 17.8 Å². The Morgan fingerprint density at radius 2 is 1.65 bits per heavy atom. The second-order valence-electron chi connectivity index (χ2n) is 5.58. The van der Waals surface area contributed by atoms with Crippen molar-refractivity contribution in [2.24, 2.45) is 0 Å². The maximum atomic E-state index is 12.5. The average molecular weight is 388 g/mol. The van der Waals surface area contributed by atoms with Crippen LogP contribution < -0.4 is 10.3 Å². The van der Waals surface area contributed by atoms with Crippen molar-refractivity contribution in [3.63, 3.8) is 0 Å². The fraction of sp³-hybridized carbons (Fsp3) is 0.353. The smallest absolute Gasteiger partial charge is 0.270 e. The van der Waals surface area contributed by atoms with E-state index in [0.29, 0.717) is 25.5 Å². The molecule has 5 nitrogen and oxygen atoms in total. The van der Waals surface area contributed by atoms with Crippen LogP contribution in [0, 0.1) is 0 Å². The molecule has 0 aliphatic heterocycles. The first kappa shape index (κ1) is 20.2. The van der Waals surface area contributed by atoms with Gasteiger partial charge in [0, 0.05) is 19.2 Å². The lowest BCUT2D eigenvalue weighted by molar-refractivity contribution is -0.364. The molecular weight excluding hydrogens is 367 g/mol. The molecule has 0 radical (unpaired) electrons. The van der Waals surface area contributed by atoms with Crippen molar-refractivity contribution < 1.29 is 26.6 Å². The van der Waals surface area contributed by atoms with E-state index in [9.17, 15) is 21.6 Å². The quantitative estimate of drug-likeness (QED) is 0.793. The fourth-order valence-corrected chi connectivity index (χ4v) is 3.86. The van der Waals surface area contributed by atoms with Crippen LogP contribution in [-0.2, 0) is 22.7 Å². The Morgan fingerprint density at radius 1 is 1.04 bits per heavy atom. The van der Waals surface area contributed by atoms with Crippen LogP contribution in [-0.4, -0.2) is 25.8 Å². The molecule has 0 saturated heterocycles. The number of anilines is 1. The molecule has 1 aromatic heterocycles. The second kappa shape index (κ2) is 8.05. The van der Waals surface area contributed by atoms with E-state index in [-0.39, 0.29) is 4.90 Å². The first-order valence-corrected chi connectivity index (χ1v) is 9.54. The Labute approximate surface area is 150 Å². The van der Waals surface area contributed by atoms with E-state index in [1.807, 2.05) is 0 Å². The Morgan fingerprint density at radius 3 is 2.12 bits per heavy atom. The van der Waals surface area contributed by atoms with Crippen LogP contribution in [0.3, 0.4) is 0 Å². The van der Waals surface area contributed by atoms with E-state index in [1.165, 1.54) is 22.5 Å². The Bertz CT molecular complexity index is 816. The molecule has 0 spiro atoms. The van der Waals surface area contributed by atoms with Crippen molar-refractivity contribution in [2.45, 2.75) is 31.5 Å². The van der Waals surface area contributed by atoms with Gasteiger partial charge in [-0.2, -0.15) is 17.5 Å². The summed E-state index contributed by atoms with van der Waals surface area (Å²) in [4.78, 5) is 2.76. The molecule has 1 heterocycles. The van der Waals surface area contributed by atoms with E-state index < -0.39 is 21.8 Å². The number of benzene rings is 1. The van der Waals surface area contributed by atoms with Crippen LogP contribution in [0.2, 0.25) is 0 Å². The van der Waals surface area contributed by atoms with Crippen LogP contribution in [0.5, 0.6) is 0 Å². The van der Waals surface area contributed by atoms with Gasteiger partial charge in [0.15, 0.2) is 0 Å². The van der Waals surface area contributed by atoms with Gasteiger partial charge in [-0.05, 0) is 23.8 Å². The molecule has 0 aliphatic carbocycles. The summed E-state index contributed by atoms with van der Waals surface area (Å²) in [6.07, 6.45) is -3.50. The number of halogens is 3. The number of alkyl halides is 3. The third kappa shape index (κ3) is 4.73. The number of nitrogens with one attached hydrogen (secondary N) is 2. The van der Waals surface area contributed by atoms with Gasteiger partial charge >= 0.3 is 6.18 Å². The number of aromatic nitrogens is 1. The highest BCUT2D eigenvalue weighted by Crippen LogP contribution is 2.28. The third-order valence-corrected chi connectivity index (χ3v) is 5.95. The topological polar surface area (TPSA) is 63.6 Å². The monoisotopic (exact) mass is 388 g/mol. The van der Waals surface area contributed by atoms with Crippen LogP contribution in [0.1, 0.15) is 25.0 Å². The minimum Gasteiger partial charge on any atom is -0.270 e. The summed E-state index contributed by atoms with van der Waals surface area (Å²) in [7, 11) is -3.50. The SMILES string of the molecule is CCN(CC)S(=O)(=O)c1ccc(CNc2ccc(C(F)(F)F)c[nH+]2)cc1. The lowest BCUT2D eigenvalue weighted by Crippen LogP contribution is -2.30. The van der Waals surface area contributed by atoms with Crippen LogP contribution >= 0.6 is 0 Å². The molecule has 0 unspecified atom stereocenters. The highest BCUT2D eigenvalue weighted by molar-refractivity contribution is 7.89. The third-order valence-electron chi connectivity index (χ3n) is 3.89. The predicted octanol–water partition coefficient (Wildman–Crippen LogP) is 3.16. The Hall–Kier alpha value is -2.13. The maximum Gasteiger partial charge on any atom is 0.419 e. The molecule has 2 aromatic rings. The summed E-state index contributed by atoms with van der Waals surface area (Å²) in [6, 6.07) is 8.70. The molecule has 0 saturated carbocycles. The molecule has 0 bridgehead atoms. The van der Waals surface area contributed by atoms with Gasteiger partial charge in [-0.1, -0.05) is 26.0 Å². The molecule has 26 heavy (non-hydrogen) atoms. The van der Waals surface area contributed by atoms with E-state index in [1.54, 1.807) is 26.0 Å². The summed E-state index contributed by atoms with van der Waals surface area (Å²) in [5.41, 5.74) is 0.0470. The number of pyridine rings is 1. The van der Waals surface area contributed by atoms with Gasteiger partial charge in [0.1, 0.15) is 12.7 Å². The van der Waals surface area contributed by atoms with E-state index >= 15 is 0 Å². The summed E-state index contributed by atoms with van der Waals surface area (Å²) in [5.74, 6) is 0.429. The predicted molar refractivity (Wildman–Crippen MR) is 91.9 cm³/mol. The zero-order chi connectivity index (χ0) is 19.4. The van der Waals surface area contributed by atoms with Gasteiger partial charge in [0.2, 0.25) is 10.0 Å². The molecule has 142 valence electrons. The minimum atomic E-state index is -4.39. The molecule has 0 atom stereocenters. The molecule has 1 aromatic carbocycles. The van der Waals surface area contributed by atoms with Crippen molar-refractivity contribution in [1.82, 2.24) is 4.31 Å². The van der Waals surface area contributed by atoms with Gasteiger partial charge < -0.3 is 0 Å². The highest BCUT2D eigenvalue weighted by atomic mass is 32.2. The number of nitrogens with zero attached hydrogens (tertiary/aromatic N) is 1. The van der Waals surface area contributed by atoms with Gasteiger partial charge in [0.25, 0.3) is 5.82 Å². The first-order chi connectivity index (χ1) is 12.2.